The molecular weight excluding hydrogens is 166 g/mol. The molecule has 3 heteroatoms. The minimum Gasteiger partial charge on any atom is -0.478 e. The van der Waals surface area contributed by atoms with Gasteiger partial charge in [-0.15, -0.1) is 0 Å². The lowest BCUT2D eigenvalue weighted by Crippen LogP contribution is -2.25. The summed E-state index contributed by atoms with van der Waals surface area (Å²) in [6, 6.07) is 0.447. The standard InChI is InChI=1S/C10H19NO2/c1-4-8(3)11-7-6-9(5-2)10(12)13/h6,8,11H,4-5,7H2,1-3H3,(H,12,13)/b9-6-. The largest absolute Gasteiger partial charge is 0.478 e. The van der Waals surface area contributed by atoms with E-state index in [1.807, 2.05) is 6.92 Å². The number of carboxylic acid groups (broad SMARTS) is 1. The van der Waals surface area contributed by atoms with Crippen LogP contribution in [0.25, 0.3) is 0 Å². The highest BCUT2D eigenvalue weighted by atomic mass is 16.4. The molecule has 13 heavy (non-hydrogen) atoms. The number of hydrogen-bond acceptors (Lipinski definition) is 2. The van der Waals surface area contributed by atoms with Gasteiger partial charge in [-0.2, -0.15) is 0 Å². The van der Waals surface area contributed by atoms with Gasteiger partial charge in [0.25, 0.3) is 0 Å². The highest BCUT2D eigenvalue weighted by Crippen LogP contribution is 1.99. The Balaban J connectivity index is 3.87. The van der Waals surface area contributed by atoms with Crippen molar-refractivity contribution in [2.45, 2.75) is 39.7 Å². The van der Waals surface area contributed by atoms with Crippen molar-refractivity contribution in [2.75, 3.05) is 6.54 Å². The smallest absolute Gasteiger partial charge is 0.331 e. The lowest BCUT2D eigenvalue weighted by Gasteiger charge is -2.08. The summed E-state index contributed by atoms with van der Waals surface area (Å²) >= 11 is 0. The average Bonchev–Trinajstić information content (AvgIpc) is 2.11. The van der Waals surface area contributed by atoms with Crippen LogP contribution in [0.5, 0.6) is 0 Å². The molecule has 0 aliphatic heterocycles. The normalized spacial score (nSPS) is 14.2. The summed E-state index contributed by atoms with van der Waals surface area (Å²) in [5, 5.41) is 11.9. The van der Waals surface area contributed by atoms with E-state index in [2.05, 4.69) is 19.2 Å². The van der Waals surface area contributed by atoms with Gasteiger partial charge in [0.1, 0.15) is 0 Å². The monoisotopic (exact) mass is 185 g/mol. The molecular formula is C10H19NO2. The Labute approximate surface area is 79.8 Å². The molecule has 0 radical (unpaired) electrons. The molecule has 1 atom stereocenters. The molecule has 0 aliphatic rings. The fourth-order valence-electron chi connectivity index (χ4n) is 0.911. The van der Waals surface area contributed by atoms with Crippen molar-refractivity contribution in [2.24, 2.45) is 0 Å². The molecule has 0 aliphatic carbocycles. The van der Waals surface area contributed by atoms with Crippen LogP contribution >= 0.6 is 0 Å². The highest BCUT2D eigenvalue weighted by molar-refractivity contribution is 5.86. The van der Waals surface area contributed by atoms with Gasteiger partial charge < -0.3 is 10.4 Å². The van der Waals surface area contributed by atoms with Crippen molar-refractivity contribution in [3.63, 3.8) is 0 Å². The Morgan fingerprint density at radius 3 is 2.54 bits per heavy atom. The number of carbonyl (C=O) groups is 1. The molecule has 0 amide bonds. The van der Waals surface area contributed by atoms with Gasteiger partial charge in [0.2, 0.25) is 0 Å². The second kappa shape index (κ2) is 6.66. The molecule has 0 spiro atoms. The van der Waals surface area contributed by atoms with Gasteiger partial charge in [0.05, 0.1) is 0 Å². The van der Waals surface area contributed by atoms with E-state index < -0.39 is 5.97 Å². The van der Waals surface area contributed by atoms with Crippen molar-refractivity contribution in [3.05, 3.63) is 11.6 Å². The second-order valence-corrected chi connectivity index (χ2v) is 3.11. The molecule has 0 aromatic carbocycles. The summed E-state index contributed by atoms with van der Waals surface area (Å²) < 4.78 is 0. The topological polar surface area (TPSA) is 49.3 Å². The number of carboxylic acids is 1. The van der Waals surface area contributed by atoms with Crippen LogP contribution in [0.3, 0.4) is 0 Å². The molecule has 0 heterocycles. The molecule has 0 aromatic rings. The molecule has 0 saturated heterocycles. The van der Waals surface area contributed by atoms with Gasteiger partial charge >= 0.3 is 5.97 Å². The first-order valence-corrected chi connectivity index (χ1v) is 4.77. The van der Waals surface area contributed by atoms with Crippen LogP contribution in [0.1, 0.15) is 33.6 Å². The number of hydrogen-bond donors (Lipinski definition) is 2. The third-order valence-electron chi connectivity index (χ3n) is 2.08. The first-order valence-electron chi connectivity index (χ1n) is 4.77. The van der Waals surface area contributed by atoms with Gasteiger partial charge in [-0.3, -0.25) is 0 Å². The maximum atomic E-state index is 10.6. The Bertz CT molecular complexity index is 187. The van der Waals surface area contributed by atoms with Crippen LogP contribution in [-0.2, 0) is 4.79 Å². The van der Waals surface area contributed by atoms with Gasteiger partial charge in [0, 0.05) is 18.2 Å². The van der Waals surface area contributed by atoms with Gasteiger partial charge in [-0.1, -0.05) is 19.9 Å². The Morgan fingerprint density at radius 2 is 2.15 bits per heavy atom. The van der Waals surface area contributed by atoms with Crippen LogP contribution in [-0.4, -0.2) is 23.7 Å². The molecule has 0 aromatic heterocycles. The number of rotatable bonds is 6. The van der Waals surface area contributed by atoms with Crippen LogP contribution in [0, 0.1) is 0 Å². The third-order valence-corrected chi connectivity index (χ3v) is 2.08. The molecule has 76 valence electrons. The van der Waals surface area contributed by atoms with E-state index in [4.69, 9.17) is 5.11 Å². The molecule has 0 bridgehead atoms. The average molecular weight is 185 g/mol. The fraction of sp³-hybridized carbons (Fsp3) is 0.700. The first-order chi connectivity index (χ1) is 6.11. The van der Waals surface area contributed by atoms with Gasteiger partial charge in [-0.05, 0) is 19.8 Å². The minimum atomic E-state index is -0.812. The Morgan fingerprint density at radius 1 is 1.54 bits per heavy atom. The molecule has 2 N–H and O–H groups in total. The summed E-state index contributed by atoms with van der Waals surface area (Å²) in [7, 11) is 0. The summed E-state index contributed by atoms with van der Waals surface area (Å²) in [5.41, 5.74) is 0.482. The predicted octanol–water partition coefficient (Wildman–Crippen LogP) is 1.80. The maximum absolute atomic E-state index is 10.6. The van der Waals surface area contributed by atoms with Crippen LogP contribution < -0.4 is 5.32 Å². The van der Waals surface area contributed by atoms with Crippen molar-refractivity contribution >= 4 is 5.97 Å². The van der Waals surface area contributed by atoms with Crippen LogP contribution in [0.4, 0.5) is 0 Å². The van der Waals surface area contributed by atoms with E-state index in [9.17, 15) is 4.79 Å². The van der Waals surface area contributed by atoms with Crippen molar-refractivity contribution < 1.29 is 9.90 Å². The Kier molecular flexibility index (Phi) is 6.24. The van der Waals surface area contributed by atoms with E-state index >= 15 is 0 Å². The SMILES string of the molecule is CC/C(=C/CNC(C)CC)C(=O)O. The minimum absolute atomic E-state index is 0.447. The van der Waals surface area contributed by atoms with E-state index in [0.717, 1.165) is 6.42 Å². The van der Waals surface area contributed by atoms with Gasteiger partial charge in [0.15, 0.2) is 0 Å². The zero-order chi connectivity index (χ0) is 10.3. The Hall–Kier alpha value is -0.830. The first kappa shape index (κ1) is 12.2. The lowest BCUT2D eigenvalue weighted by atomic mass is 10.2. The highest BCUT2D eigenvalue weighted by Gasteiger charge is 2.03. The molecule has 0 saturated carbocycles. The zero-order valence-electron chi connectivity index (χ0n) is 8.63. The summed E-state index contributed by atoms with van der Waals surface area (Å²) in [5.74, 6) is -0.812. The molecule has 0 rings (SSSR count). The third kappa shape index (κ3) is 5.42. The molecule has 0 fully saturated rings. The number of aliphatic carboxylic acids is 1. The summed E-state index contributed by atoms with van der Waals surface area (Å²) in [4.78, 5) is 10.6. The second-order valence-electron chi connectivity index (χ2n) is 3.11. The van der Waals surface area contributed by atoms with Crippen molar-refractivity contribution in [3.8, 4) is 0 Å². The van der Waals surface area contributed by atoms with Crippen LogP contribution in [0.15, 0.2) is 11.6 Å². The van der Waals surface area contributed by atoms with E-state index in [0.29, 0.717) is 24.6 Å². The summed E-state index contributed by atoms with van der Waals surface area (Å²) in [6.07, 6.45) is 3.38. The summed E-state index contributed by atoms with van der Waals surface area (Å²) in [6.45, 7) is 6.67. The van der Waals surface area contributed by atoms with E-state index in [1.54, 1.807) is 6.08 Å². The molecule has 1 unspecified atom stereocenters. The van der Waals surface area contributed by atoms with Gasteiger partial charge in [-0.25, -0.2) is 4.79 Å². The van der Waals surface area contributed by atoms with Crippen LogP contribution in [0.2, 0.25) is 0 Å². The number of nitrogens with one attached hydrogen (secondary N) is 1. The van der Waals surface area contributed by atoms with E-state index in [-0.39, 0.29) is 0 Å². The fourth-order valence-corrected chi connectivity index (χ4v) is 0.911. The maximum Gasteiger partial charge on any atom is 0.331 e. The van der Waals surface area contributed by atoms with Crippen molar-refractivity contribution in [1.82, 2.24) is 5.32 Å². The van der Waals surface area contributed by atoms with Crippen molar-refractivity contribution in [1.29, 1.82) is 0 Å². The zero-order valence-corrected chi connectivity index (χ0v) is 8.63. The molecule has 3 nitrogen and oxygen atoms in total. The predicted molar refractivity (Wildman–Crippen MR) is 53.8 cm³/mol. The quantitative estimate of drug-likeness (QED) is 0.620. The van der Waals surface area contributed by atoms with E-state index in [1.165, 1.54) is 0 Å². The lowest BCUT2D eigenvalue weighted by molar-refractivity contribution is -0.132.